The normalized spacial score (nSPS) is 8.70. The molecule has 0 aliphatic rings. The zero-order valence-electron chi connectivity index (χ0n) is 5.44. The Morgan fingerprint density at radius 2 is 1.80 bits per heavy atom. The van der Waals surface area contributed by atoms with Crippen LogP contribution in [0.5, 0.6) is 0 Å². The SMILES string of the molecule is Cc1cccc(S)c1S.[Ni+2]. The maximum atomic E-state index is 4.23. The van der Waals surface area contributed by atoms with Gasteiger partial charge in [-0.05, 0) is 18.6 Å². The fraction of sp³-hybridized carbons (Fsp3) is 0.143. The number of thiol groups is 2. The standard InChI is InChI=1S/C7H8S2.Ni/c1-5-3-2-4-6(8)7(5)9;/h2-4,8-9H,1H3;/q;+2. The molecule has 1 rings (SSSR count). The van der Waals surface area contributed by atoms with Gasteiger partial charge in [-0.3, -0.25) is 0 Å². The van der Waals surface area contributed by atoms with Crippen molar-refractivity contribution in [2.45, 2.75) is 16.7 Å². The monoisotopic (exact) mass is 214 g/mol. The molecule has 0 aliphatic heterocycles. The summed E-state index contributed by atoms with van der Waals surface area (Å²) in [5.74, 6) is 0. The molecular weight excluding hydrogens is 207 g/mol. The first-order valence-corrected chi connectivity index (χ1v) is 3.59. The number of aryl methyl sites for hydroxylation is 1. The molecule has 0 N–H and O–H groups in total. The average molecular weight is 215 g/mol. The number of hydrogen-bond donors (Lipinski definition) is 2. The van der Waals surface area contributed by atoms with Gasteiger partial charge in [-0.2, -0.15) is 0 Å². The van der Waals surface area contributed by atoms with Crippen molar-refractivity contribution in [3.63, 3.8) is 0 Å². The van der Waals surface area contributed by atoms with E-state index in [2.05, 4.69) is 25.3 Å². The number of hydrogen-bond acceptors (Lipinski definition) is 2. The molecule has 10 heavy (non-hydrogen) atoms. The molecule has 0 bridgehead atoms. The van der Waals surface area contributed by atoms with Crippen LogP contribution < -0.4 is 0 Å². The van der Waals surface area contributed by atoms with Crippen molar-refractivity contribution in [3.8, 4) is 0 Å². The third kappa shape index (κ3) is 2.23. The van der Waals surface area contributed by atoms with E-state index in [4.69, 9.17) is 0 Å². The Hall–Kier alpha value is 0.414. The Kier molecular flexibility index (Phi) is 4.50. The van der Waals surface area contributed by atoms with Crippen LogP contribution in [0.15, 0.2) is 28.0 Å². The van der Waals surface area contributed by atoms with Crippen LogP contribution in [0.2, 0.25) is 0 Å². The summed E-state index contributed by atoms with van der Waals surface area (Å²) in [4.78, 5) is 1.92. The molecule has 0 radical (unpaired) electrons. The predicted octanol–water partition coefficient (Wildman–Crippen LogP) is 2.57. The van der Waals surface area contributed by atoms with Gasteiger partial charge in [0.1, 0.15) is 0 Å². The van der Waals surface area contributed by atoms with Gasteiger partial charge in [0.05, 0.1) is 0 Å². The molecule has 56 valence electrons. The molecule has 1 aromatic carbocycles. The topological polar surface area (TPSA) is 0 Å². The molecule has 0 heterocycles. The Bertz CT molecular complexity index is 203. The van der Waals surface area contributed by atoms with Crippen molar-refractivity contribution in [3.05, 3.63) is 23.8 Å². The van der Waals surface area contributed by atoms with Crippen LogP contribution in [-0.4, -0.2) is 0 Å². The van der Waals surface area contributed by atoms with E-state index < -0.39 is 0 Å². The third-order valence-corrected chi connectivity index (χ3v) is 2.36. The minimum absolute atomic E-state index is 0. The van der Waals surface area contributed by atoms with Gasteiger partial charge in [-0.1, -0.05) is 12.1 Å². The van der Waals surface area contributed by atoms with Gasteiger partial charge in [0, 0.05) is 9.79 Å². The van der Waals surface area contributed by atoms with Crippen LogP contribution in [0.1, 0.15) is 5.56 Å². The second-order valence-electron chi connectivity index (χ2n) is 1.94. The fourth-order valence-corrected chi connectivity index (χ4v) is 1.05. The van der Waals surface area contributed by atoms with Gasteiger partial charge in [0.2, 0.25) is 0 Å². The molecule has 0 aliphatic carbocycles. The Morgan fingerprint density at radius 1 is 1.20 bits per heavy atom. The molecule has 0 atom stereocenters. The summed E-state index contributed by atoms with van der Waals surface area (Å²) in [7, 11) is 0. The number of rotatable bonds is 0. The third-order valence-electron chi connectivity index (χ3n) is 1.22. The van der Waals surface area contributed by atoms with Crippen LogP contribution >= 0.6 is 25.3 Å². The Labute approximate surface area is 82.2 Å². The molecule has 0 saturated heterocycles. The van der Waals surface area contributed by atoms with Crippen molar-refractivity contribution >= 4 is 25.3 Å². The van der Waals surface area contributed by atoms with Crippen LogP contribution in [0.25, 0.3) is 0 Å². The molecule has 0 spiro atoms. The van der Waals surface area contributed by atoms with Crippen LogP contribution in [0.4, 0.5) is 0 Å². The largest absolute Gasteiger partial charge is 2.00 e. The van der Waals surface area contributed by atoms with E-state index >= 15 is 0 Å². The first-order valence-electron chi connectivity index (χ1n) is 2.69. The molecule has 0 aromatic heterocycles. The van der Waals surface area contributed by atoms with E-state index in [1.807, 2.05) is 25.1 Å². The van der Waals surface area contributed by atoms with Crippen LogP contribution in [0, 0.1) is 6.92 Å². The van der Waals surface area contributed by atoms with E-state index in [-0.39, 0.29) is 16.5 Å². The van der Waals surface area contributed by atoms with Crippen molar-refractivity contribution in [2.24, 2.45) is 0 Å². The maximum absolute atomic E-state index is 4.23. The average Bonchev–Trinajstić information content (AvgIpc) is 1.83. The van der Waals surface area contributed by atoms with E-state index in [0.29, 0.717) is 0 Å². The van der Waals surface area contributed by atoms with Crippen molar-refractivity contribution in [2.75, 3.05) is 0 Å². The summed E-state index contributed by atoms with van der Waals surface area (Å²) in [6.45, 7) is 2.02. The van der Waals surface area contributed by atoms with E-state index in [0.717, 1.165) is 9.79 Å². The van der Waals surface area contributed by atoms with Crippen molar-refractivity contribution in [1.29, 1.82) is 0 Å². The van der Waals surface area contributed by atoms with Crippen LogP contribution in [-0.2, 0) is 16.5 Å². The van der Waals surface area contributed by atoms with Crippen molar-refractivity contribution in [1.82, 2.24) is 0 Å². The first kappa shape index (κ1) is 10.4. The summed E-state index contributed by atoms with van der Waals surface area (Å²) < 4.78 is 0. The van der Waals surface area contributed by atoms with Gasteiger partial charge < -0.3 is 0 Å². The Morgan fingerprint density at radius 3 is 2.20 bits per heavy atom. The van der Waals surface area contributed by atoms with Gasteiger partial charge in [0.15, 0.2) is 0 Å². The summed E-state index contributed by atoms with van der Waals surface area (Å²) in [5.41, 5.74) is 1.17. The summed E-state index contributed by atoms with van der Waals surface area (Å²) >= 11 is 8.43. The van der Waals surface area contributed by atoms with E-state index in [9.17, 15) is 0 Å². The maximum Gasteiger partial charge on any atom is 2.00 e. The zero-order valence-corrected chi connectivity index (χ0v) is 8.22. The molecule has 0 saturated carbocycles. The molecule has 0 amide bonds. The summed E-state index contributed by atoms with van der Waals surface area (Å²) in [6, 6.07) is 5.91. The smallest absolute Gasteiger partial charge is 0.142 e. The van der Waals surface area contributed by atoms with E-state index in [1.165, 1.54) is 5.56 Å². The molecule has 0 nitrogen and oxygen atoms in total. The molecule has 0 fully saturated rings. The second kappa shape index (κ2) is 4.32. The molecule has 3 heteroatoms. The number of benzene rings is 1. The summed E-state index contributed by atoms with van der Waals surface area (Å²) in [5, 5.41) is 0. The van der Waals surface area contributed by atoms with E-state index in [1.54, 1.807) is 0 Å². The molecule has 0 unspecified atom stereocenters. The van der Waals surface area contributed by atoms with Gasteiger partial charge in [0.25, 0.3) is 0 Å². The molecular formula is C7H8NiS2+2. The Balaban J connectivity index is 0.000000810. The van der Waals surface area contributed by atoms with Crippen LogP contribution in [0.3, 0.4) is 0 Å². The summed E-state index contributed by atoms with van der Waals surface area (Å²) in [6.07, 6.45) is 0. The zero-order chi connectivity index (χ0) is 6.85. The molecule has 1 aromatic rings. The predicted molar refractivity (Wildman–Crippen MR) is 45.7 cm³/mol. The minimum atomic E-state index is 0. The van der Waals surface area contributed by atoms with Gasteiger partial charge in [-0.25, -0.2) is 0 Å². The quantitative estimate of drug-likeness (QED) is 0.482. The first-order chi connectivity index (χ1) is 4.22. The van der Waals surface area contributed by atoms with Gasteiger partial charge >= 0.3 is 16.5 Å². The fourth-order valence-electron chi connectivity index (χ4n) is 0.643. The minimum Gasteiger partial charge on any atom is -0.142 e. The second-order valence-corrected chi connectivity index (χ2v) is 2.87. The van der Waals surface area contributed by atoms with Crippen molar-refractivity contribution < 1.29 is 16.5 Å². The van der Waals surface area contributed by atoms with Gasteiger partial charge in [-0.15, -0.1) is 25.3 Å².